The van der Waals surface area contributed by atoms with E-state index in [0.717, 1.165) is 36.7 Å². The summed E-state index contributed by atoms with van der Waals surface area (Å²) in [5, 5.41) is 0. The van der Waals surface area contributed by atoms with E-state index in [2.05, 4.69) is 9.97 Å². The molecule has 1 atom stereocenters. The number of aromatic nitrogens is 2. The van der Waals surface area contributed by atoms with Crippen molar-refractivity contribution < 1.29 is 26.3 Å². The molecule has 1 aliphatic heterocycles. The number of alkyl halides is 3. The van der Waals surface area contributed by atoms with Gasteiger partial charge in [-0.15, -0.1) is 0 Å². The molecule has 0 radical (unpaired) electrons. The predicted octanol–water partition coefficient (Wildman–Crippen LogP) is 4.20. The minimum absolute atomic E-state index is 0.114. The van der Waals surface area contributed by atoms with Gasteiger partial charge in [0.25, 0.3) is 0 Å². The van der Waals surface area contributed by atoms with Gasteiger partial charge in [-0.05, 0) is 50.3 Å². The van der Waals surface area contributed by atoms with Crippen LogP contribution < -0.4 is 0 Å². The highest BCUT2D eigenvalue weighted by atomic mass is 32.2. The lowest BCUT2D eigenvalue weighted by Gasteiger charge is -2.36. The lowest BCUT2D eigenvalue weighted by molar-refractivity contribution is -0.137. The van der Waals surface area contributed by atoms with Crippen LogP contribution in [0.2, 0.25) is 0 Å². The van der Waals surface area contributed by atoms with E-state index in [-0.39, 0.29) is 18.7 Å². The zero-order chi connectivity index (χ0) is 20.0. The Bertz CT molecular complexity index is 965. The Hall–Kier alpha value is -2.00. The smallest absolute Gasteiger partial charge is 0.353 e. The molecule has 1 saturated carbocycles. The first-order valence-electron chi connectivity index (χ1n) is 9.12. The number of hydrogen-bond donors (Lipinski definition) is 0. The van der Waals surface area contributed by atoms with Crippen LogP contribution >= 0.6 is 0 Å². The molecular weight excluding hydrogens is 393 g/mol. The first-order valence-corrected chi connectivity index (χ1v) is 10.6. The van der Waals surface area contributed by atoms with E-state index in [0.29, 0.717) is 24.8 Å². The highest BCUT2D eigenvalue weighted by Crippen LogP contribution is 2.44. The third-order valence-corrected chi connectivity index (χ3v) is 7.47. The summed E-state index contributed by atoms with van der Waals surface area (Å²) in [7, 11) is -4.30. The minimum Gasteiger partial charge on any atom is -0.353 e. The first kappa shape index (κ1) is 19.3. The number of ether oxygens (including phenoxy) is 1. The van der Waals surface area contributed by atoms with Crippen LogP contribution in [0.25, 0.3) is 0 Å². The van der Waals surface area contributed by atoms with Crippen LogP contribution in [0.3, 0.4) is 0 Å². The molecule has 1 saturated heterocycles. The Labute approximate surface area is 160 Å². The van der Waals surface area contributed by atoms with Crippen LogP contribution in [0, 0.1) is 0 Å². The lowest BCUT2D eigenvalue weighted by Crippen LogP contribution is -2.42. The van der Waals surface area contributed by atoms with Crippen molar-refractivity contribution >= 4 is 9.84 Å². The predicted molar refractivity (Wildman–Crippen MR) is 94.1 cm³/mol. The summed E-state index contributed by atoms with van der Waals surface area (Å²) in [6, 6.07) is 3.75. The standard InChI is InChI=1S/C19H19F3N2O3S/c20-19(21,22)14-4-3-5-15(10-14)28(25,26)18(8-1-2-9-27-18)17-12-23-16(11-24-17)13-6-7-13/h3-5,10-13H,1-2,6-9H2. The third kappa shape index (κ3) is 3.30. The second kappa shape index (κ2) is 6.81. The first-order chi connectivity index (χ1) is 13.2. The summed E-state index contributed by atoms with van der Waals surface area (Å²) in [6.45, 7) is 0.185. The van der Waals surface area contributed by atoms with Crippen molar-refractivity contribution in [3.63, 3.8) is 0 Å². The molecule has 5 nitrogen and oxygen atoms in total. The van der Waals surface area contributed by atoms with Crippen molar-refractivity contribution in [1.29, 1.82) is 0 Å². The molecule has 28 heavy (non-hydrogen) atoms. The normalized spacial score (nSPS) is 23.5. The van der Waals surface area contributed by atoms with Crippen LogP contribution in [-0.2, 0) is 25.7 Å². The van der Waals surface area contributed by atoms with Gasteiger partial charge in [-0.2, -0.15) is 13.2 Å². The van der Waals surface area contributed by atoms with E-state index in [1.807, 2.05) is 0 Å². The van der Waals surface area contributed by atoms with Gasteiger partial charge in [0.05, 0.1) is 22.3 Å². The molecule has 0 spiro atoms. The molecule has 4 rings (SSSR count). The molecule has 1 aliphatic carbocycles. The van der Waals surface area contributed by atoms with Gasteiger partial charge in [-0.1, -0.05) is 6.07 Å². The molecule has 0 amide bonds. The second-order valence-electron chi connectivity index (χ2n) is 7.19. The van der Waals surface area contributed by atoms with E-state index in [1.54, 1.807) is 6.20 Å². The fraction of sp³-hybridized carbons (Fsp3) is 0.474. The molecule has 0 bridgehead atoms. The van der Waals surface area contributed by atoms with Gasteiger partial charge in [-0.25, -0.2) is 8.42 Å². The summed E-state index contributed by atoms with van der Waals surface area (Å²) in [5.41, 5.74) is -0.102. The lowest BCUT2D eigenvalue weighted by atomic mass is 10.1. The summed E-state index contributed by atoms with van der Waals surface area (Å²) < 4.78 is 71.9. The van der Waals surface area contributed by atoms with E-state index < -0.39 is 31.4 Å². The van der Waals surface area contributed by atoms with Gasteiger partial charge in [0, 0.05) is 18.7 Å². The Morgan fingerprint density at radius 1 is 1.11 bits per heavy atom. The highest BCUT2D eigenvalue weighted by Gasteiger charge is 2.50. The van der Waals surface area contributed by atoms with Crippen LogP contribution in [0.5, 0.6) is 0 Å². The SMILES string of the molecule is O=S(=O)(c1cccc(C(F)(F)F)c1)C1(c2cnc(C3CC3)cn2)CCCCO1. The van der Waals surface area contributed by atoms with Crippen LogP contribution in [-0.4, -0.2) is 25.0 Å². The molecule has 2 aromatic rings. The number of nitrogens with zero attached hydrogens (tertiary/aromatic N) is 2. The number of hydrogen-bond acceptors (Lipinski definition) is 5. The van der Waals surface area contributed by atoms with E-state index in [4.69, 9.17) is 4.74 Å². The molecule has 0 N–H and O–H groups in total. The van der Waals surface area contributed by atoms with Crippen LogP contribution in [0.1, 0.15) is 55.0 Å². The topological polar surface area (TPSA) is 69.2 Å². The number of benzene rings is 1. The molecule has 2 heterocycles. The number of halogens is 3. The zero-order valence-electron chi connectivity index (χ0n) is 14.9. The van der Waals surface area contributed by atoms with E-state index >= 15 is 0 Å². The number of rotatable bonds is 4. The molecule has 1 aromatic carbocycles. The molecular formula is C19H19F3N2O3S. The van der Waals surface area contributed by atoms with Crippen molar-refractivity contribution in [2.75, 3.05) is 6.61 Å². The molecule has 1 unspecified atom stereocenters. The van der Waals surface area contributed by atoms with Crippen molar-refractivity contribution in [3.8, 4) is 0 Å². The minimum atomic E-state index is -4.64. The third-order valence-electron chi connectivity index (χ3n) is 5.20. The maximum absolute atomic E-state index is 13.5. The second-order valence-corrected chi connectivity index (χ2v) is 9.33. The maximum Gasteiger partial charge on any atom is 0.416 e. The van der Waals surface area contributed by atoms with Gasteiger partial charge in [0.1, 0.15) is 5.69 Å². The van der Waals surface area contributed by atoms with Gasteiger partial charge in [-0.3, -0.25) is 9.97 Å². The molecule has 1 aromatic heterocycles. The summed E-state index contributed by atoms with van der Waals surface area (Å²) >= 11 is 0. The molecule has 2 aliphatic rings. The Morgan fingerprint density at radius 3 is 2.46 bits per heavy atom. The average molecular weight is 412 g/mol. The average Bonchev–Trinajstić information content (AvgIpc) is 3.53. The van der Waals surface area contributed by atoms with Gasteiger partial charge >= 0.3 is 6.18 Å². The van der Waals surface area contributed by atoms with Crippen LogP contribution in [0.15, 0.2) is 41.6 Å². The quantitative estimate of drug-likeness (QED) is 0.753. The van der Waals surface area contributed by atoms with Crippen molar-refractivity contribution in [2.45, 2.75) is 54.0 Å². The Kier molecular flexibility index (Phi) is 4.70. The monoisotopic (exact) mass is 412 g/mol. The van der Waals surface area contributed by atoms with Gasteiger partial charge in [0.15, 0.2) is 0 Å². The summed E-state index contributed by atoms with van der Waals surface area (Å²) in [4.78, 5) is 6.39. The molecule has 2 fully saturated rings. The fourth-order valence-corrected chi connectivity index (χ4v) is 5.43. The van der Waals surface area contributed by atoms with Crippen LogP contribution in [0.4, 0.5) is 13.2 Å². The zero-order valence-corrected chi connectivity index (χ0v) is 15.8. The summed E-state index contributed by atoms with van der Waals surface area (Å²) in [6.07, 6.45) is 1.70. The summed E-state index contributed by atoms with van der Waals surface area (Å²) in [5.74, 6) is 0.352. The largest absolute Gasteiger partial charge is 0.416 e. The molecule has 9 heteroatoms. The van der Waals surface area contributed by atoms with Crippen molar-refractivity contribution in [1.82, 2.24) is 9.97 Å². The highest BCUT2D eigenvalue weighted by molar-refractivity contribution is 7.92. The van der Waals surface area contributed by atoms with Gasteiger partial charge < -0.3 is 4.74 Å². The van der Waals surface area contributed by atoms with Crippen molar-refractivity contribution in [2.24, 2.45) is 0 Å². The fourth-order valence-electron chi connectivity index (χ4n) is 3.48. The Morgan fingerprint density at radius 2 is 1.89 bits per heavy atom. The maximum atomic E-state index is 13.5. The van der Waals surface area contributed by atoms with E-state index in [1.165, 1.54) is 6.20 Å². The molecule has 150 valence electrons. The van der Waals surface area contributed by atoms with Gasteiger partial charge in [0.2, 0.25) is 14.8 Å². The van der Waals surface area contributed by atoms with E-state index in [9.17, 15) is 21.6 Å². The Balaban J connectivity index is 1.80. The number of sulfone groups is 1. The van der Waals surface area contributed by atoms with Crippen molar-refractivity contribution in [3.05, 3.63) is 53.6 Å².